The smallest absolute Gasteiger partial charge is 0.322 e. The number of rotatable bonds is 7. The second kappa shape index (κ2) is 8.80. The third kappa shape index (κ3) is 4.62. The van der Waals surface area contributed by atoms with Gasteiger partial charge in [0.2, 0.25) is 5.89 Å². The standard InChI is InChI=1S/C23H21N3O5S/c1-15(2)32(28,29)20-9-5-8-18(13-20)22-25-26-23(31-22)24-21(27)14-30-19-11-10-16-6-3-4-7-17(16)12-19/h3-13,15H,14H2,1-2H3,(H,24,26,27). The zero-order valence-corrected chi connectivity index (χ0v) is 18.3. The molecule has 0 aliphatic rings. The molecule has 0 bridgehead atoms. The minimum Gasteiger partial charge on any atom is -0.484 e. The second-order valence-corrected chi connectivity index (χ2v) is 9.88. The summed E-state index contributed by atoms with van der Waals surface area (Å²) in [6.07, 6.45) is 0. The molecule has 0 saturated heterocycles. The number of benzene rings is 3. The molecule has 3 aromatic carbocycles. The Morgan fingerprint density at radius 1 is 1.00 bits per heavy atom. The van der Waals surface area contributed by atoms with E-state index in [1.807, 2.05) is 36.4 Å². The molecule has 4 rings (SSSR count). The molecule has 0 fully saturated rings. The van der Waals surface area contributed by atoms with Gasteiger partial charge in [0.1, 0.15) is 5.75 Å². The van der Waals surface area contributed by atoms with Crippen molar-refractivity contribution in [2.24, 2.45) is 0 Å². The van der Waals surface area contributed by atoms with Crippen molar-refractivity contribution in [3.8, 4) is 17.2 Å². The van der Waals surface area contributed by atoms with Gasteiger partial charge in [-0.1, -0.05) is 41.5 Å². The molecule has 1 heterocycles. The molecule has 0 spiro atoms. The molecule has 8 nitrogen and oxygen atoms in total. The summed E-state index contributed by atoms with van der Waals surface area (Å²) in [5.74, 6) is 0.189. The molecule has 0 aliphatic heterocycles. The van der Waals surface area contributed by atoms with E-state index in [-0.39, 0.29) is 23.4 Å². The minimum absolute atomic E-state index is 0.0940. The van der Waals surface area contributed by atoms with Gasteiger partial charge in [-0.05, 0) is 55.0 Å². The van der Waals surface area contributed by atoms with Crippen molar-refractivity contribution in [2.75, 3.05) is 11.9 Å². The summed E-state index contributed by atoms with van der Waals surface area (Å²) in [4.78, 5) is 12.4. The van der Waals surface area contributed by atoms with E-state index in [0.717, 1.165) is 10.8 Å². The molecule has 0 radical (unpaired) electrons. The minimum atomic E-state index is -3.44. The monoisotopic (exact) mass is 451 g/mol. The lowest BCUT2D eigenvalue weighted by Gasteiger charge is -2.08. The molecule has 0 saturated carbocycles. The summed E-state index contributed by atoms with van der Waals surface area (Å²) in [5.41, 5.74) is 0.437. The van der Waals surface area contributed by atoms with Crippen LogP contribution in [0.4, 0.5) is 6.01 Å². The van der Waals surface area contributed by atoms with Gasteiger partial charge in [0.25, 0.3) is 5.91 Å². The van der Waals surface area contributed by atoms with Crippen LogP contribution in [0.1, 0.15) is 13.8 Å². The van der Waals surface area contributed by atoms with Crippen LogP contribution in [0.15, 0.2) is 76.0 Å². The topological polar surface area (TPSA) is 111 Å². The van der Waals surface area contributed by atoms with E-state index in [4.69, 9.17) is 9.15 Å². The molecular formula is C23H21N3O5S. The Hall–Kier alpha value is -3.72. The van der Waals surface area contributed by atoms with Gasteiger partial charge in [0.15, 0.2) is 16.4 Å². The largest absolute Gasteiger partial charge is 0.484 e. The summed E-state index contributed by atoms with van der Waals surface area (Å²) >= 11 is 0. The van der Waals surface area contributed by atoms with Crippen LogP contribution in [0.5, 0.6) is 5.75 Å². The zero-order chi connectivity index (χ0) is 22.7. The number of nitrogens with zero attached hydrogens (tertiary/aromatic N) is 2. The first-order valence-corrected chi connectivity index (χ1v) is 11.5. The first-order valence-electron chi connectivity index (χ1n) is 9.92. The van der Waals surface area contributed by atoms with E-state index in [1.165, 1.54) is 12.1 Å². The van der Waals surface area contributed by atoms with Crippen LogP contribution in [0.2, 0.25) is 0 Å². The van der Waals surface area contributed by atoms with Crippen molar-refractivity contribution < 1.29 is 22.4 Å². The number of fused-ring (bicyclic) bond motifs is 1. The summed E-state index contributed by atoms with van der Waals surface area (Å²) in [7, 11) is -3.44. The first-order chi connectivity index (χ1) is 15.3. The van der Waals surface area contributed by atoms with E-state index in [9.17, 15) is 13.2 Å². The summed E-state index contributed by atoms with van der Waals surface area (Å²) < 4.78 is 35.8. The number of sulfone groups is 1. The van der Waals surface area contributed by atoms with E-state index >= 15 is 0 Å². The van der Waals surface area contributed by atoms with Crippen molar-refractivity contribution in [3.63, 3.8) is 0 Å². The van der Waals surface area contributed by atoms with Gasteiger partial charge in [-0.25, -0.2) is 8.42 Å². The number of carbonyl (C=O) groups excluding carboxylic acids is 1. The number of amides is 1. The van der Waals surface area contributed by atoms with E-state index < -0.39 is 21.0 Å². The molecule has 32 heavy (non-hydrogen) atoms. The summed E-state index contributed by atoms with van der Waals surface area (Å²) in [6, 6.07) is 19.5. The van der Waals surface area contributed by atoms with Gasteiger partial charge in [-0.2, -0.15) is 0 Å². The van der Waals surface area contributed by atoms with Gasteiger partial charge in [-0.15, -0.1) is 5.10 Å². The van der Waals surface area contributed by atoms with E-state index in [2.05, 4.69) is 15.5 Å². The lowest BCUT2D eigenvalue weighted by molar-refractivity contribution is -0.118. The Balaban J connectivity index is 1.41. The van der Waals surface area contributed by atoms with Crippen molar-refractivity contribution in [2.45, 2.75) is 24.0 Å². The molecule has 0 unspecified atom stereocenters. The fourth-order valence-corrected chi connectivity index (χ4v) is 4.13. The van der Waals surface area contributed by atoms with Crippen LogP contribution in [-0.2, 0) is 14.6 Å². The average Bonchev–Trinajstić information content (AvgIpc) is 3.26. The van der Waals surface area contributed by atoms with Gasteiger partial charge >= 0.3 is 6.01 Å². The molecule has 0 atom stereocenters. The Morgan fingerprint density at radius 2 is 1.78 bits per heavy atom. The van der Waals surface area contributed by atoms with Crippen LogP contribution in [0.25, 0.3) is 22.2 Å². The molecule has 1 amide bonds. The predicted molar refractivity (Wildman–Crippen MR) is 120 cm³/mol. The highest BCUT2D eigenvalue weighted by molar-refractivity contribution is 7.92. The predicted octanol–water partition coefficient (Wildman–Crippen LogP) is 4.09. The SMILES string of the molecule is CC(C)S(=O)(=O)c1cccc(-c2nnc(NC(=O)COc3ccc4ccccc4c3)o2)c1. The molecule has 1 N–H and O–H groups in total. The van der Waals surface area contributed by atoms with Crippen molar-refractivity contribution >= 4 is 32.5 Å². The van der Waals surface area contributed by atoms with E-state index in [1.54, 1.807) is 32.0 Å². The Morgan fingerprint density at radius 3 is 2.56 bits per heavy atom. The molecule has 164 valence electrons. The highest BCUT2D eigenvalue weighted by atomic mass is 32.2. The fourth-order valence-electron chi connectivity index (χ4n) is 3.03. The normalized spacial score (nSPS) is 11.6. The molecular weight excluding hydrogens is 430 g/mol. The third-order valence-corrected chi connectivity index (χ3v) is 6.94. The maximum atomic E-state index is 12.4. The maximum Gasteiger partial charge on any atom is 0.322 e. The second-order valence-electron chi connectivity index (χ2n) is 7.38. The summed E-state index contributed by atoms with van der Waals surface area (Å²) in [6.45, 7) is 2.99. The quantitative estimate of drug-likeness (QED) is 0.450. The molecule has 9 heteroatoms. The number of hydrogen-bond acceptors (Lipinski definition) is 7. The van der Waals surface area contributed by atoms with E-state index in [0.29, 0.717) is 11.3 Å². The van der Waals surface area contributed by atoms with Gasteiger partial charge in [0.05, 0.1) is 10.1 Å². The lowest BCUT2D eigenvalue weighted by atomic mass is 10.1. The Labute approximate surface area is 185 Å². The van der Waals surface area contributed by atoms with Gasteiger partial charge in [-0.3, -0.25) is 10.1 Å². The molecule has 4 aromatic rings. The highest BCUT2D eigenvalue weighted by Crippen LogP contribution is 2.25. The number of anilines is 1. The Bertz CT molecular complexity index is 1380. The lowest BCUT2D eigenvalue weighted by Crippen LogP contribution is -2.20. The molecule has 1 aromatic heterocycles. The van der Waals surface area contributed by atoms with Crippen LogP contribution in [0, 0.1) is 0 Å². The van der Waals surface area contributed by atoms with Crippen LogP contribution >= 0.6 is 0 Å². The number of hydrogen-bond donors (Lipinski definition) is 1. The van der Waals surface area contributed by atoms with Crippen molar-refractivity contribution in [1.82, 2.24) is 10.2 Å². The summed E-state index contributed by atoms with van der Waals surface area (Å²) in [5, 5.41) is 11.7. The Kier molecular flexibility index (Phi) is 5.91. The first kappa shape index (κ1) is 21.5. The van der Waals surface area contributed by atoms with Crippen LogP contribution in [0.3, 0.4) is 0 Å². The molecule has 0 aliphatic carbocycles. The number of ether oxygens (including phenoxy) is 1. The zero-order valence-electron chi connectivity index (χ0n) is 17.5. The fraction of sp³-hybridized carbons (Fsp3) is 0.174. The average molecular weight is 452 g/mol. The number of carbonyl (C=O) groups is 1. The number of nitrogens with one attached hydrogen (secondary N) is 1. The van der Waals surface area contributed by atoms with Gasteiger partial charge < -0.3 is 9.15 Å². The van der Waals surface area contributed by atoms with Crippen molar-refractivity contribution in [3.05, 3.63) is 66.7 Å². The highest BCUT2D eigenvalue weighted by Gasteiger charge is 2.20. The van der Waals surface area contributed by atoms with Gasteiger partial charge in [0, 0.05) is 5.56 Å². The maximum absolute atomic E-state index is 12.4. The van der Waals surface area contributed by atoms with Crippen molar-refractivity contribution in [1.29, 1.82) is 0 Å². The number of aromatic nitrogens is 2. The van der Waals surface area contributed by atoms with Crippen LogP contribution < -0.4 is 10.1 Å². The third-order valence-electron chi connectivity index (χ3n) is 4.79. The van der Waals surface area contributed by atoms with Crippen LogP contribution in [-0.4, -0.2) is 36.4 Å².